The molecule has 1 atom stereocenters. The molecule has 0 bridgehead atoms. The molecule has 3 rings (SSSR count). The molecule has 0 aliphatic carbocycles. The third-order valence-corrected chi connectivity index (χ3v) is 7.82. The quantitative estimate of drug-likeness (QED) is 0.215. The van der Waals surface area contributed by atoms with Crippen molar-refractivity contribution in [3.05, 3.63) is 46.6 Å². The SMILES string of the molecule is CCN(CC)CCCC(C)NC(=O)c1cccc(CSc2nc(Cl)cc(N3CCC(C)CC3)n2)c1. The maximum atomic E-state index is 12.8. The minimum Gasteiger partial charge on any atom is -0.356 e. The second-order valence-corrected chi connectivity index (χ2v) is 10.9. The molecule has 0 radical (unpaired) electrons. The van der Waals surface area contributed by atoms with Crippen LogP contribution in [0.3, 0.4) is 0 Å². The molecule has 1 aliphatic rings. The Morgan fingerprint density at radius 2 is 1.97 bits per heavy atom. The van der Waals surface area contributed by atoms with Gasteiger partial charge in [-0.15, -0.1) is 0 Å². The highest BCUT2D eigenvalue weighted by molar-refractivity contribution is 7.98. The molecule has 1 N–H and O–H groups in total. The fraction of sp³-hybridized carbons (Fsp3) is 0.593. The lowest BCUT2D eigenvalue weighted by atomic mass is 9.99. The van der Waals surface area contributed by atoms with Crippen LogP contribution in [-0.4, -0.2) is 59.5 Å². The Morgan fingerprint density at radius 3 is 2.69 bits per heavy atom. The predicted octanol–water partition coefficient (Wildman–Crippen LogP) is 5.90. The summed E-state index contributed by atoms with van der Waals surface area (Å²) in [7, 11) is 0. The summed E-state index contributed by atoms with van der Waals surface area (Å²) in [6.45, 7) is 14.0. The molecule has 1 amide bonds. The van der Waals surface area contributed by atoms with E-state index in [0.29, 0.717) is 21.6 Å². The van der Waals surface area contributed by atoms with E-state index in [1.807, 2.05) is 30.3 Å². The molecule has 2 heterocycles. The van der Waals surface area contributed by atoms with Crippen molar-refractivity contribution in [3.8, 4) is 0 Å². The van der Waals surface area contributed by atoms with Crippen molar-refractivity contribution in [2.45, 2.75) is 70.3 Å². The Kier molecular flexibility index (Phi) is 11.1. The second-order valence-electron chi connectivity index (χ2n) is 9.53. The standard InChI is InChI=1S/C27H40ClN5OS/c1-5-32(6-2)14-8-9-21(4)29-26(34)23-11-7-10-22(17-23)19-35-27-30-24(28)18-25(31-27)33-15-12-20(3)13-16-33/h7,10-11,17-18,20-21H,5-6,8-9,12-16,19H2,1-4H3,(H,29,34). The number of carbonyl (C=O) groups excluding carboxylic acids is 1. The number of aromatic nitrogens is 2. The Morgan fingerprint density at radius 1 is 1.23 bits per heavy atom. The van der Waals surface area contributed by atoms with Gasteiger partial charge in [-0.05, 0) is 75.9 Å². The number of nitrogens with zero attached hydrogens (tertiary/aromatic N) is 4. The first kappa shape index (κ1) is 27.8. The van der Waals surface area contributed by atoms with E-state index in [2.05, 4.69) is 47.8 Å². The minimum absolute atomic E-state index is 0.0205. The lowest BCUT2D eigenvalue weighted by molar-refractivity contribution is 0.0937. The first-order valence-electron chi connectivity index (χ1n) is 12.9. The molecule has 1 aliphatic heterocycles. The second kappa shape index (κ2) is 14.0. The number of hydrogen-bond donors (Lipinski definition) is 1. The number of amides is 1. The molecular weight excluding hydrogens is 478 g/mol. The molecule has 1 unspecified atom stereocenters. The van der Waals surface area contributed by atoms with E-state index < -0.39 is 0 Å². The molecule has 1 aromatic heterocycles. The molecule has 1 saturated heterocycles. The summed E-state index contributed by atoms with van der Waals surface area (Å²) in [6.07, 6.45) is 4.40. The molecule has 0 spiro atoms. The van der Waals surface area contributed by atoms with Crippen LogP contribution in [0.4, 0.5) is 5.82 Å². The molecule has 6 nitrogen and oxygen atoms in total. The van der Waals surface area contributed by atoms with Gasteiger partial charge in [-0.3, -0.25) is 4.79 Å². The van der Waals surface area contributed by atoms with E-state index in [-0.39, 0.29) is 11.9 Å². The van der Waals surface area contributed by atoms with Gasteiger partial charge in [0.1, 0.15) is 11.0 Å². The number of anilines is 1. The molecule has 35 heavy (non-hydrogen) atoms. The lowest BCUT2D eigenvalue weighted by Crippen LogP contribution is -2.33. The lowest BCUT2D eigenvalue weighted by Gasteiger charge is -2.31. The fourth-order valence-electron chi connectivity index (χ4n) is 4.34. The molecule has 1 aromatic carbocycles. The zero-order chi connectivity index (χ0) is 25.2. The van der Waals surface area contributed by atoms with Crippen LogP contribution >= 0.6 is 23.4 Å². The van der Waals surface area contributed by atoms with E-state index >= 15 is 0 Å². The van der Waals surface area contributed by atoms with Crippen molar-refractivity contribution in [1.29, 1.82) is 0 Å². The number of carbonyl (C=O) groups is 1. The predicted molar refractivity (Wildman–Crippen MR) is 148 cm³/mol. The van der Waals surface area contributed by atoms with Crippen LogP contribution in [0.2, 0.25) is 5.15 Å². The molecule has 2 aromatic rings. The molecule has 1 fully saturated rings. The summed E-state index contributed by atoms with van der Waals surface area (Å²) in [5.41, 5.74) is 1.75. The average molecular weight is 518 g/mol. The summed E-state index contributed by atoms with van der Waals surface area (Å²) in [4.78, 5) is 26.7. The van der Waals surface area contributed by atoms with Crippen molar-refractivity contribution in [3.63, 3.8) is 0 Å². The third kappa shape index (κ3) is 8.96. The van der Waals surface area contributed by atoms with Crippen LogP contribution in [0.1, 0.15) is 69.3 Å². The number of rotatable bonds is 12. The number of hydrogen-bond acceptors (Lipinski definition) is 6. The van der Waals surface area contributed by atoms with Crippen LogP contribution in [0.15, 0.2) is 35.5 Å². The first-order valence-corrected chi connectivity index (χ1v) is 14.3. The van der Waals surface area contributed by atoms with Gasteiger partial charge < -0.3 is 15.1 Å². The van der Waals surface area contributed by atoms with E-state index in [9.17, 15) is 4.79 Å². The van der Waals surface area contributed by atoms with Crippen LogP contribution in [0, 0.1) is 5.92 Å². The smallest absolute Gasteiger partial charge is 0.251 e. The normalized spacial score (nSPS) is 15.4. The zero-order valence-electron chi connectivity index (χ0n) is 21.6. The summed E-state index contributed by atoms with van der Waals surface area (Å²) in [5, 5.41) is 4.29. The van der Waals surface area contributed by atoms with E-state index in [1.54, 1.807) is 11.8 Å². The van der Waals surface area contributed by atoms with Gasteiger partial charge >= 0.3 is 0 Å². The first-order chi connectivity index (χ1) is 16.9. The van der Waals surface area contributed by atoms with Crippen molar-refractivity contribution in [2.24, 2.45) is 5.92 Å². The van der Waals surface area contributed by atoms with Gasteiger partial charge in [0.25, 0.3) is 5.91 Å². The zero-order valence-corrected chi connectivity index (χ0v) is 23.2. The summed E-state index contributed by atoms with van der Waals surface area (Å²) in [5.74, 6) is 2.32. The maximum Gasteiger partial charge on any atom is 0.251 e. The van der Waals surface area contributed by atoms with Crippen LogP contribution in [0.25, 0.3) is 0 Å². The Hall–Kier alpha value is -1.83. The van der Waals surface area contributed by atoms with Gasteiger partial charge in [0.15, 0.2) is 5.16 Å². The molecule has 192 valence electrons. The number of thioether (sulfide) groups is 1. The van der Waals surface area contributed by atoms with Gasteiger partial charge in [-0.25, -0.2) is 9.97 Å². The highest BCUT2D eigenvalue weighted by Gasteiger charge is 2.18. The van der Waals surface area contributed by atoms with Crippen LogP contribution in [0.5, 0.6) is 0 Å². The summed E-state index contributed by atoms with van der Waals surface area (Å²) in [6, 6.07) is 9.81. The van der Waals surface area contributed by atoms with Gasteiger partial charge in [0.05, 0.1) is 0 Å². The molecular formula is C27H40ClN5OS. The van der Waals surface area contributed by atoms with Crippen LogP contribution in [-0.2, 0) is 5.75 Å². The van der Waals surface area contributed by atoms with Gasteiger partial charge in [0.2, 0.25) is 0 Å². The van der Waals surface area contributed by atoms with Gasteiger partial charge in [0, 0.05) is 36.5 Å². The highest BCUT2D eigenvalue weighted by Crippen LogP contribution is 2.27. The van der Waals surface area contributed by atoms with E-state index in [4.69, 9.17) is 16.6 Å². The summed E-state index contributed by atoms with van der Waals surface area (Å²) >= 11 is 7.87. The number of nitrogens with one attached hydrogen (secondary N) is 1. The average Bonchev–Trinajstić information content (AvgIpc) is 2.85. The van der Waals surface area contributed by atoms with Crippen molar-refractivity contribution in [2.75, 3.05) is 37.6 Å². The Bertz CT molecular complexity index is 947. The minimum atomic E-state index is -0.0205. The van der Waals surface area contributed by atoms with E-state index in [1.165, 1.54) is 12.8 Å². The van der Waals surface area contributed by atoms with Gasteiger partial charge in [-0.2, -0.15) is 0 Å². The monoisotopic (exact) mass is 517 g/mol. The summed E-state index contributed by atoms with van der Waals surface area (Å²) < 4.78 is 0. The molecule has 8 heteroatoms. The third-order valence-electron chi connectivity index (χ3n) is 6.71. The Balaban J connectivity index is 1.53. The number of piperidine rings is 1. The maximum absolute atomic E-state index is 12.8. The highest BCUT2D eigenvalue weighted by atomic mass is 35.5. The van der Waals surface area contributed by atoms with Crippen molar-refractivity contribution >= 4 is 35.1 Å². The van der Waals surface area contributed by atoms with Crippen molar-refractivity contribution < 1.29 is 4.79 Å². The van der Waals surface area contributed by atoms with Crippen molar-refractivity contribution in [1.82, 2.24) is 20.2 Å². The largest absolute Gasteiger partial charge is 0.356 e. The Labute approximate surface area is 220 Å². The fourth-order valence-corrected chi connectivity index (χ4v) is 5.36. The van der Waals surface area contributed by atoms with E-state index in [0.717, 1.165) is 62.9 Å². The van der Waals surface area contributed by atoms with Gasteiger partial charge in [-0.1, -0.05) is 56.3 Å². The molecule has 0 saturated carbocycles. The number of halogens is 1. The topological polar surface area (TPSA) is 61.4 Å². The number of benzene rings is 1. The van der Waals surface area contributed by atoms with Crippen LogP contribution < -0.4 is 10.2 Å².